The molecule has 2 aliphatic heterocycles. The molecule has 142 valence electrons. The summed E-state index contributed by atoms with van der Waals surface area (Å²) in [7, 11) is 1.58. The van der Waals surface area contributed by atoms with Gasteiger partial charge in [0.1, 0.15) is 5.66 Å². The molecule has 0 aromatic heterocycles. The zero-order chi connectivity index (χ0) is 18.9. The van der Waals surface area contributed by atoms with Crippen LogP contribution in [0.15, 0.2) is 51.9 Å². The molecule has 1 unspecified atom stereocenters. The highest BCUT2D eigenvalue weighted by molar-refractivity contribution is 9.10. The number of rotatable bonds is 3. The Morgan fingerprint density at radius 2 is 1.89 bits per heavy atom. The normalized spacial score (nSPS) is 21.7. The molecule has 1 spiro atoms. The van der Waals surface area contributed by atoms with E-state index >= 15 is 0 Å². The number of nitrogens with one attached hydrogen (secondary N) is 2. The molecule has 4 rings (SSSR count). The molecule has 0 radical (unpaired) electrons. The van der Waals surface area contributed by atoms with Crippen molar-refractivity contribution in [1.82, 2.24) is 10.6 Å². The van der Waals surface area contributed by atoms with Crippen LogP contribution in [0.1, 0.15) is 36.4 Å². The average Bonchev–Trinajstić information content (AvgIpc) is 2.69. The van der Waals surface area contributed by atoms with E-state index in [2.05, 4.69) is 38.7 Å². The minimum atomic E-state index is -0.300. The lowest BCUT2D eigenvalue weighted by Gasteiger charge is -2.42. The summed E-state index contributed by atoms with van der Waals surface area (Å²) in [4.78, 5) is 5.16. The Bertz CT molecular complexity index is 845. The van der Waals surface area contributed by atoms with Crippen LogP contribution in [-0.4, -0.2) is 36.7 Å². The number of aliphatic imine (C=N–C) groups is 1. The zero-order valence-electron chi connectivity index (χ0n) is 15.3. The van der Waals surface area contributed by atoms with Crippen LogP contribution in [0, 0.1) is 0 Å². The number of phenolic OH excluding ortho intramolecular Hbond substituents is 1. The molecule has 2 aromatic carbocycles. The summed E-state index contributed by atoms with van der Waals surface area (Å²) < 4.78 is 6.37. The molecule has 2 aliphatic rings. The maximum absolute atomic E-state index is 10.7. The average molecular weight is 430 g/mol. The summed E-state index contributed by atoms with van der Waals surface area (Å²) in [6.45, 7) is 1.86. The van der Waals surface area contributed by atoms with Gasteiger partial charge in [0.25, 0.3) is 0 Å². The maximum Gasteiger partial charge on any atom is 0.162 e. The predicted molar refractivity (Wildman–Crippen MR) is 111 cm³/mol. The van der Waals surface area contributed by atoms with Gasteiger partial charge in [-0.1, -0.05) is 40.2 Å². The molecule has 0 aliphatic carbocycles. The number of para-hydroxylation sites is 1. The van der Waals surface area contributed by atoms with Gasteiger partial charge >= 0.3 is 0 Å². The Hall–Kier alpha value is -1.89. The van der Waals surface area contributed by atoms with Gasteiger partial charge in [-0.2, -0.15) is 0 Å². The Labute approximate surface area is 168 Å². The summed E-state index contributed by atoms with van der Waals surface area (Å²) in [5, 5.41) is 17.9. The fourth-order valence-corrected chi connectivity index (χ4v) is 4.26. The number of aromatic hydroxyl groups is 1. The number of halogens is 1. The molecule has 0 saturated carbocycles. The number of phenols is 1. The SMILES string of the molecule is COc1cccc(C2CC(c3ccc(Br)cc3)=NC3(CCNCC3)N2)c1O. The molecule has 2 aromatic rings. The van der Waals surface area contributed by atoms with Gasteiger partial charge in [0.2, 0.25) is 0 Å². The van der Waals surface area contributed by atoms with Crippen molar-refractivity contribution >= 4 is 21.6 Å². The second-order valence-electron chi connectivity index (χ2n) is 7.15. The van der Waals surface area contributed by atoms with Crippen LogP contribution in [-0.2, 0) is 0 Å². The first-order valence-electron chi connectivity index (χ1n) is 9.29. The van der Waals surface area contributed by atoms with E-state index in [1.165, 1.54) is 0 Å². The minimum absolute atomic E-state index is 0.0191. The number of hydrogen-bond acceptors (Lipinski definition) is 5. The van der Waals surface area contributed by atoms with E-state index in [4.69, 9.17) is 9.73 Å². The molecular formula is C21H24BrN3O2. The van der Waals surface area contributed by atoms with E-state index in [0.717, 1.165) is 53.7 Å². The van der Waals surface area contributed by atoms with Crippen molar-refractivity contribution in [3.05, 3.63) is 58.1 Å². The fourth-order valence-electron chi connectivity index (χ4n) is 4.00. The number of ether oxygens (including phenoxy) is 1. The lowest BCUT2D eigenvalue weighted by atomic mass is 9.88. The molecule has 27 heavy (non-hydrogen) atoms. The van der Waals surface area contributed by atoms with Crippen molar-refractivity contribution in [2.45, 2.75) is 31.0 Å². The molecule has 1 fully saturated rings. The second-order valence-corrected chi connectivity index (χ2v) is 8.06. The van der Waals surface area contributed by atoms with Gasteiger partial charge in [-0.15, -0.1) is 0 Å². The third-order valence-corrected chi connectivity index (χ3v) is 5.95. The van der Waals surface area contributed by atoms with Crippen LogP contribution < -0.4 is 15.4 Å². The first kappa shape index (κ1) is 18.5. The van der Waals surface area contributed by atoms with E-state index in [-0.39, 0.29) is 17.5 Å². The first-order valence-corrected chi connectivity index (χ1v) is 10.1. The summed E-state index contributed by atoms with van der Waals surface area (Å²) in [6.07, 6.45) is 2.57. The van der Waals surface area contributed by atoms with Crippen molar-refractivity contribution < 1.29 is 9.84 Å². The van der Waals surface area contributed by atoms with E-state index < -0.39 is 0 Å². The van der Waals surface area contributed by atoms with E-state index in [1.54, 1.807) is 13.2 Å². The highest BCUT2D eigenvalue weighted by atomic mass is 79.9. The van der Waals surface area contributed by atoms with Crippen LogP contribution in [0.3, 0.4) is 0 Å². The van der Waals surface area contributed by atoms with Crippen LogP contribution >= 0.6 is 15.9 Å². The van der Waals surface area contributed by atoms with Crippen LogP contribution in [0.25, 0.3) is 0 Å². The van der Waals surface area contributed by atoms with Gasteiger partial charge in [-0.25, -0.2) is 0 Å². The maximum atomic E-state index is 10.7. The number of piperidine rings is 1. The largest absolute Gasteiger partial charge is 0.504 e. The Kier molecular flexibility index (Phi) is 5.21. The van der Waals surface area contributed by atoms with Gasteiger partial charge in [-0.05, 0) is 49.7 Å². The van der Waals surface area contributed by atoms with Gasteiger partial charge in [0.15, 0.2) is 11.5 Å². The minimum Gasteiger partial charge on any atom is -0.504 e. The lowest BCUT2D eigenvalue weighted by molar-refractivity contribution is 0.215. The summed E-state index contributed by atoms with van der Waals surface area (Å²) in [6, 6.07) is 14.0. The lowest BCUT2D eigenvalue weighted by Crippen LogP contribution is -2.55. The Morgan fingerprint density at radius 3 is 2.59 bits per heavy atom. The topological polar surface area (TPSA) is 65.9 Å². The molecular weight excluding hydrogens is 406 g/mol. The molecule has 5 nitrogen and oxygen atoms in total. The zero-order valence-corrected chi connectivity index (χ0v) is 16.9. The first-order chi connectivity index (χ1) is 13.1. The molecule has 1 atom stereocenters. The quantitative estimate of drug-likeness (QED) is 0.694. The number of benzene rings is 2. The molecule has 0 bridgehead atoms. The standard InChI is InChI=1S/C21H24BrN3O2/c1-27-19-4-2-3-16(20(19)26)18-13-17(14-5-7-15(22)8-6-14)24-21(25-18)9-11-23-12-10-21/h2-8,18,23,25-26H,9-13H2,1H3. The number of nitrogens with zero attached hydrogens (tertiary/aromatic N) is 1. The molecule has 2 heterocycles. The van der Waals surface area contributed by atoms with E-state index in [1.807, 2.05) is 24.3 Å². The fraction of sp³-hybridized carbons (Fsp3) is 0.381. The van der Waals surface area contributed by atoms with Crippen molar-refractivity contribution in [3.63, 3.8) is 0 Å². The summed E-state index contributed by atoms with van der Waals surface area (Å²) >= 11 is 3.51. The highest BCUT2D eigenvalue weighted by Gasteiger charge is 2.39. The summed E-state index contributed by atoms with van der Waals surface area (Å²) in [5.41, 5.74) is 2.77. The van der Waals surface area contributed by atoms with Crippen LogP contribution in [0.5, 0.6) is 11.5 Å². The number of methoxy groups -OCH3 is 1. The molecule has 1 saturated heterocycles. The number of hydrogen-bond donors (Lipinski definition) is 3. The van der Waals surface area contributed by atoms with Gasteiger partial charge in [-0.3, -0.25) is 10.3 Å². The van der Waals surface area contributed by atoms with E-state index in [9.17, 15) is 5.11 Å². The third kappa shape index (κ3) is 3.74. The van der Waals surface area contributed by atoms with Crippen molar-refractivity contribution in [2.24, 2.45) is 4.99 Å². The molecule has 6 heteroatoms. The predicted octanol–water partition coefficient (Wildman–Crippen LogP) is 3.77. The van der Waals surface area contributed by atoms with Crippen LogP contribution in [0.4, 0.5) is 0 Å². The Morgan fingerprint density at radius 1 is 1.15 bits per heavy atom. The smallest absolute Gasteiger partial charge is 0.162 e. The summed E-state index contributed by atoms with van der Waals surface area (Å²) in [5.74, 6) is 0.708. The van der Waals surface area contributed by atoms with Gasteiger partial charge in [0, 0.05) is 28.2 Å². The molecule has 3 N–H and O–H groups in total. The monoisotopic (exact) mass is 429 g/mol. The van der Waals surface area contributed by atoms with Crippen molar-refractivity contribution in [1.29, 1.82) is 0 Å². The van der Waals surface area contributed by atoms with Crippen molar-refractivity contribution in [3.8, 4) is 11.5 Å². The van der Waals surface area contributed by atoms with E-state index in [0.29, 0.717) is 5.75 Å². The van der Waals surface area contributed by atoms with Crippen molar-refractivity contribution in [2.75, 3.05) is 20.2 Å². The highest BCUT2D eigenvalue weighted by Crippen LogP contribution is 2.39. The van der Waals surface area contributed by atoms with Gasteiger partial charge in [0.05, 0.1) is 7.11 Å². The Balaban J connectivity index is 1.74. The van der Waals surface area contributed by atoms with Crippen LogP contribution in [0.2, 0.25) is 0 Å². The molecule has 0 amide bonds. The third-order valence-electron chi connectivity index (χ3n) is 5.42. The second kappa shape index (κ2) is 7.62. The van der Waals surface area contributed by atoms with Gasteiger partial charge < -0.3 is 15.2 Å².